The number of carbonyl (C=O) groups is 1. The predicted octanol–water partition coefficient (Wildman–Crippen LogP) is 2.75. The third kappa shape index (κ3) is 3.37. The SMILES string of the molecule is CCC1CN(C(=O)c2ccc(CBr)cc2)CCN1C. The Kier molecular flexibility index (Phi) is 4.99. The summed E-state index contributed by atoms with van der Waals surface area (Å²) in [5, 5.41) is 0.827. The zero-order chi connectivity index (χ0) is 13.8. The molecule has 4 heteroatoms. The van der Waals surface area contributed by atoms with Gasteiger partial charge in [0, 0.05) is 36.6 Å². The number of hydrogen-bond acceptors (Lipinski definition) is 2. The molecular formula is C15H21BrN2O. The molecule has 1 fully saturated rings. The normalized spacial score (nSPS) is 20.6. The minimum absolute atomic E-state index is 0.160. The molecule has 1 aromatic rings. The summed E-state index contributed by atoms with van der Waals surface area (Å²) in [6.07, 6.45) is 1.09. The Hall–Kier alpha value is -0.870. The van der Waals surface area contributed by atoms with Gasteiger partial charge in [0.25, 0.3) is 5.91 Å². The van der Waals surface area contributed by atoms with E-state index in [4.69, 9.17) is 0 Å². The van der Waals surface area contributed by atoms with Gasteiger partial charge in [-0.15, -0.1) is 0 Å². The summed E-state index contributed by atoms with van der Waals surface area (Å²) < 4.78 is 0. The van der Waals surface area contributed by atoms with Crippen molar-refractivity contribution in [1.82, 2.24) is 9.80 Å². The Morgan fingerprint density at radius 1 is 1.32 bits per heavy atom. The monoisotopic (exact) mass is 324 g/mol. The highest BCUT2D eigenvalue weighted by molar-refractivity contribution is 9.08. The van der Waals surface area contributed by atoms with Gasteiger partial charge in [0.1, 0.15) is 0 Å². The number of halogens is 1. The Balaban J connectivity index is 2.06. The number of piperazine rings is 1. The van der Waals surface area contributed by atoms with E-state index in [-0.39, 0.29) is 5.91 Å². The molecule has 1 aliphatic rings. The molecule has 0 bridgehead atoms. The van der Waals surface area contributed by atoms with Crippen LogP contribution in [0.1, 0.15) is 29.3 Å². The van der Waals surface area contributed by atoms with E-state index in [0.29, 0.717) is 6.04 Å². The Morgan fingerprint density at radius 3 is 2.58 bits per heavy atom. The van der Waals surface area contributed by atoms with Crippen LogP contribution in [0.15, 0.2) is 24.3 Å². The second-order valence-electron chi connectivity index (χ2n) is 5.12. The van der Waals surface area contributed by atoms with Crippen LogP contribution in [0.5, 0.6) is 0 Å². The Labute approximate surface area is 123 Å². The van der Waals surface area contributed by atoms with Crippen LogP contribution >= 0.6 is 15.9 Å². The van der Waals surface area contributed by atoms with Crippen LogP contribution in [0.4, 0.5) is 0 Å². The summed E-state index contributed by atoms with van der Waals surface area (Å²) in [6.45, 7) is 4.81. The maximum absolute atomic E-state index is 12.5. The van der Waals surface area contributed by atoms with E-state index in [1.165, 1.54) is 5.56 Å². The van der Waals surface area contributed by atoms with Crippen LogP contribution in [0.3, 0.4) is 0 Å². The van der Waals surface area contributed by atoms with E-state index in [9.17, 15) is 4.79 Å². The van der Waals surface area contributed by atoms with Crippen molar-refractivity contribution in [1.29, 1.82) is 0 Å². The lowest BCUT2D eigenvalue weighted by atomic mass is 10.1. The summed E-state index contributed by atoms with van der Waals surface area (Å²) in [5.74, 6) is 0.160. The molecule has 0 saturated carbocycles. The van der Waals surface area contributed by atoms with Crippen LogP contribution in [0.2, 0.25) is 0 Å². The second-order valence-corrected chi connectivity index (χ2v) is 5.69. The molecule has 19 heavy (non-hydrogen) atoms. The van der Waals surface area contributed by atoms with Gasteiger partial charge in [-0.1, -0.05) is 35.0 Å². The summed E-state index contributed by atoms with van der Waals surface area (Å²) in [6, 6.07) is 8.36. The van der Waals surface area contributed by atoms with Crippen LogP contribution in [0, 0.1) is 0 Å². The fourth-order valence-electron chi connectivity index (χ4n) is 2.49. The van der Waals surface area contributed by atoms with Gasteiger partial charge < -0.3 is 4.90 Å². The van der Waals surface area contributed by atoms with Gasteiger partial charge in [-0.05, 0) is 31.2 Å². The molecule has 1 aliphatic heterocycles. The predicted molar refractivity (Wildman–Crippen MR) is 81.7 cm³/mol. The maximum atomic E-state index is 12.5. The molecule has 1 aromatic carbocycles. The van der Waals surface area contributed by atoms with Crippen molar-refractivity contribution in [3.63, 3.8) is 0 Å². The summed E-state index contributed by atoms with van der Waals surface area (Å²) in [5.41, 5.74) is 1.99. The number of likely N-dealkylation sites (N-methyl/N-ethyl adjacent to an activating group) is 1. The summed E-state index contributed by atoms with van der Waals surface area (Å²) in [7, 11) is 2.14. The lowest BCUT2D eigenvalue weighted by molar-refractivity contribution is 0.0542. The fourth-order valence-corrected chi connectivity index (χ4v) is 2.86. The first-order valence-electron chi connectivity index (χ1n) is 6.80. The van der Waals surface area contributed by atoms with Crippen molar-refractivity contribution >= 4 is 21.8 Å². The number of amides is 1. The molecule has 0 N–H and O–H groups in total. The number of benzene rings is 1. The molecule has 1 amide bonds. The first kappa shape index (κ1) is 14.5. The molecule has 1 saturated heterocycles. The zero-order valence-corrected chi connectivity index (χ0v) is 13.2. The highest BCUT2D eigenvalue weighted by Crippen LogP contribution is 2.15. The van der Waals surface area contributed by atoms with E-state index in [0.717, 1.165) is 36.9 Å². The molecule has 1 heterocycles. The van der Waals surface area contributed by atoms with Crippen molar-refractivity contribution in [3.05, 3.63) is 35.4 Å². The van der Waals surface area contributed by atoms with Gasteiger partial charge in [0.05, 0.1) is 0 Å². The standard InChI is InChI=1S/C15H21BrN2O/c1-3-14-11-18(9-8-17(14)2)15(19)13-6-4-12(10-16)5-7-13/h4-7,14H,3,8-11H2,1-2H3. The molecule has 1 unspecified atom stereocenters. The van der Waals surface area contributed by atoms with Crippen molar-refractivity contribution in [3.8, 4) is 0 Å². The van der Waals surface area contributed by atoms with Gasteiger partial charge in [0.2, 0.25) is 0 Å². The minimum Gasteiger partial charge on any atom is -0.336 e. The van der Waals surface area contributed by atoms with Crippen molar-refractivity contribution < 1.29 is 4.79 Å². The van der Waals surface area contributed by atoms with Crippen molar-refractivity contribution in [2.45, 2.75) is 24.7 Å². The average Bonchev–Trinajstić information content (AvgIpc) is 2.47. The quantitative estimate of drug-likeness (QED) is 0.798. The van der Waals surface area contributed by atoms with Crippen LogP contribution in [-0.2, 0) is 5.33 Å². The number of hydrogen-bond donors (Lipinski definition) is 0. The smallest absolute Gasteiger partial charge is 0.253 e. The molecule has 104 valence electrons. The fraction of sp³-hybridized carbons (Fsp3) is 0.533. The molecule has 3 nitrogen and oxygen atoms in total. The van der Waals surface area contributed by atoms with Gasteiger partial charge in [-0.25, -0.2) is 0 Å². The molecule has 0 aliphatic carbocycles. The van der Waals surface area contributed by atoms with E-state index in [1.54, 1.807) is 0 Å². The second kappa shape index (κ2) is 6.53. The van der Waals surface area contributed by atoms with Gasteiger partial charge in [-0.3, -0.25) is 9.69 Å². The average molecular weight is 325 g/mol. The zero-order valence-electron chi connectivity index (χ0n) is 11.6. The lowest BCUT2D eigenvalue weighted by Crippen LogP contribution is -2.52. The third-order valence-corrected chi connectivity index (χ3v) is 4.54. The lowest BCUT2D eigenvalue weighted by Gasteiger charge is -2.39. The highest BCUT2D eigenvalue weighted by Gasteiger charge is 2.26. The number of nitrogens with zero attached hydrogens (tertiary/aromatic N) is 2. The number of alkyl halides is 1. The number of carbonyl (C=O) groups excluding carboxylic acids is 1. The van der Waals surface area contributed by atoms with E-state index >= 15 is 0 Å². The highest BCUT2D eigenvalue weighted by atomic mass is 79.9. The number of rotatable bonds is 3. The molecule has 0 radical (unpaired) electrons. The van der Waals surface area contributed by atoms with E-state index < -0.39 is 0 Å². The first-order valence-corrected chi connectivity index (χ1v) is 7.92. The van der Waals surface area contributed by atoms with Gasteiger partial charge >= 0.3 is 0 Å². The van der Waals surface area contributed by atoms with Crippen molar-refractivity contribution in [2.24, 2.45) is 0 Å². The summed E-state index contributed by atoms with van der Waals surface area (Å²) >= 11 is 3.42. The third-order valence-electron chi connectivity index (χ3n) is 3.89. The van der Waals surface area contributed by atoms with Gasteiger partial charge in [-0.2, -0.15) is 0 Å². The molecule has 2 rings (SSSR count). The van der Waals surface area contributed by atoms with E-state index in [2.05, 4.69) is 34.8 Å². The largest absolute Gasteiger partial charge is 0.336 e. The van der Waals surface area contributed by atoms with Crippen LogP contribution < -0.4 is 0 Å². The molecule has 1 atom stereocenters. The Morgan fingerprint density at radius 2 is 2.00 bits per heavy atom. The minimum atomic E-state index is 0.160. The van der Waals surface area contributed by atoms with Crippen LogP contribution in [0.25, 0.3) is 0 Å². The molecule has 0 spiro atoms. The van der Waals surface area contributed by atoms with Crippen LogP contribution in [-0.4, -0.2) is 48.4 Å². The Bertz CT molecular complexity index is 432. The molecular weight excluding hydrogens is 304 g/mol. The van der Waals surface area contributed by atoms with Crippen molar-refractivity contribution in [2.75, 3.05) is 26.7 Å². The maximum Gasteiger partial charge on any atom is 0.253 e. The topological polar surface area (TPSA) is 23.6 Å². The van der Waals surface area contributed by atoms with E-state index in [1.807, 2.05) is 29.2 Å². The summed E-state index contributed by atoms with van der Waals surface area (Å²) in [4.78, 5) is 16.8. The first-order chi connectivity index (χ1) is 9.15. The molecule has 0 aromatic heterocycles. The van der Waals surface area contributed by atoms with Gasteiger partial charge in [0.15, 0.2) is 0 Å².